The molecule has 0 aromatic heterocycles. The molecule has 37 heavy (non-hydrogen) atoms. The highest BCUT2D eigenvalue weighted by Crippen LogP contribution is 2.68. The van der Waals surface area contributed by atoms with Crippen molar-refractivity contribution in [1.29, 1.82) is 0 Å². The lowest BCUT2D eigenvalue weighted by molar-refractivity contribution is 0.0273. The summed E-state index contributed by atoms with van der Waals surface area (Å²) in [6, 6.07) is 30.0. The summed E-state index contributed by atoms with van der Waals surface area (Å²) in [5.41, 5.74) is 2.64. The third kappa shape index (κ3) is 3.74. The first-order chi connectivity index (χ1) is 17.6. The topological polar surface area (TPSA) is 80.9 Å². The van der Waals surface area contributed by atoms with Gasteiger partial charge in [-0.1, -0.05) is 69.3 Å². The summed E-state index contributed by atoms with van der Waals surface area (Å²) in [7, 11) is 0. The zero-order valence-electron chi connectivity index (χ0n) is 21.5. The Morgan fingerprint density at radius 2 is 0.784 bits per heavy atom. The van der Waals surface area contributed by atoms with Gasteiger partial charge in [0, 0.05) is 10.8 Å². The van der Waals surface area contributed by atoms with E-state index in [2.05, 4.69) is 20.8 Å². The first-order valence-corrected chi connectivity index (χ1v) is 12.8. The maximum atomic E-state index is 10.3. The van der Waals surface area contributed by atoms with Crippen LogP contribution >= 0.6 is 0 Å². The fraction of sp³-hybridized carbons (Fsp3) is 0.273. The summed E-state index contributed by atoms with van der Waals surface area (Å²) in [6.07, 6.45) is 1.76. The summed E-state index contributed by atoms with van der Waals surface area (Å²) in [5, 5.41) is 41.0. The minimum absolute atomic E-state index is 0.200. The highest BCUT2D eigenvalue weighted by Gasteiger charge is 2.65. The van der Waals surface area contributed by atoms with Crippen molar-refractivity contribution in [1.82, 2.24) is 0 Å². The first kappa shape index (κ1) is 24.8. The lowest BCUT2D eigenvalue weighted by atomic mass is 9.37. The van der Waals surface area contributed by atoms with Crippen LogP contribution in [0.5, 0.6) is 23.0 Å². The van der Waals surface area contributed by atoms with Gasteiger partial charge in [-0.25, -0.2) is 0 Å². The van der Waals surface area contributed by atoms with E-state index in [4.69, 9.17) is 0 Å². The van der Waals surface area contributed by atoms with Crippen LogP contribution in [0.1, 0.15) is 55.9 Å². The van der Waals surface area contributed by atoms with Crippen LogP contribution in [0, 0.1) is 11.3 Å². The molecule has 1 fully saturated rings. The third-order valence-corrected chi connectivity index (χ3v) is 8.49. The van der Waals surface area contributed by atoms with Gasteiger partial charge >= 0.3 is 0 Å². The average molecular weight is 495 g/mol. The van der Waals surface area contributed by atoms with Gasteiger partial charge in [-0.15, -0.1) is 0 Å². The predicted octanol–water partition coefficient (Wildman–Crippen LogP) is 7.24. The van der Waals surface area contributed by atoms with Crippen molar-refractivity contribution >= 4 is 0 Å². The molecular weight excluding hydrogens is 460 g/mol. The normalized spacial score (nSPS) is 19.8. The monoisotopic (exact) mass is 494 g/mol. The Morgan fingerprint density at radius 1 is 0.486 bits per heavy atom. The van der Waals surface area contributed by atoms with Gasteiger partial charge < -0.3 is 20.4 Å². The molecule has 4 aromatic carbocycles. The molecule has 1 atom stereocenters. The van der Waals surface area contributed by atoms with Gasteiger partial charge in [0.1, 0.15) is 23.0 Å². The van der Waals surface area contributed by atoms with E-state index in [-0.39, 0.29) is 28.4 Å². The summed E-state index contributed by atoms with van der Waals surface area (Å²) in [5.74, 6) is 1.16. The molecule has 0 bridgehead atoms. The summed E-state index contributed by atoms with van der Waals surface area (Å²) >= 11 is 0. The van der Waals surface area contributed by atoms with Crippen molar-refractivity contribution in [2.75, 3.05) is 0 Å². The van der Waals surface area contributed by atoms with Gasteiger partial charge in [0.25, 0.3) is 0 Å². The molecule has 5 rings (SSSR count). The van der Waals surface area contributed by atoms with Gasteiger partial charge in [-0.2, -0.15) is 0 Å². The number of phenols is 4. The molecule has 4 heteroatoms. The van der Waals surface area contributed by atoms with Crippen molar-refractivity contribution in [3.8, 4) is 23.0 Å². The minimum Gasteiger partial charge on any atom is -0.508 e. The molecule has 0 heterocycles. The van der Waals surface area contributed by atoms with Crippen molar-refractivity contribution in [3.05, 3.63) is 119 Å². The van der Waals surface area contributed by atoms with E-state index in [1.165, 1.54) is 0 Å². The van der Waals surface area contributed by atoms with Gasteiger partial charge in [-0.3, -0.25) is 0 Å². The number of hydrogen-bond donors (Lipinski definition) is 4. The molecule has 4 nitrogen and oxygen atoms in total. The number of aromatic hydroxyl groups is 4. The zero-order valence-corrected chi connectivity index (χ0v) is 21.5. The number of rotatable bonds is 4. The van der Waals surface area contributed by atoms with Crippen molar-refractivity contribution in [2.24, 2.45) is 11.3 Å². The second-order valence-electron chi connectivity index (χ2n) is 11.2. The van der Waals surface area contributed by atoms with Gasteiger partial charge in [0.15, 0.2) is 0 Å². The maximum Gasteiger partial charge on any atom is 0.115 e. The first-order valence-electron chi connectivity index (χ1n) is 12.8. The Bertz CT molecular complexity index is 1280. The molecule has 1 saturated carbocycles. The van der Waals surface area contributed by atoms with Crippen molar-refractivity contribution in [3.63, 3.8) is 0 Å². The van der Waals surface area contributed by atoms with Crippen LogP contribution in [0.2, 0.25) is 0 Å². The Balaban J connectivity index is 2.01. The molecule has 0 saturated heterocycles. The highest BCUT2D eigenvalue weighted by atomic mass is 16.3. The predicted molar refractivity (Wildman–Crippen MR) is 146 cm³/mol. The second kappa shape index (κ2) is 8.88. The van der Waals surface area contributed by atoms with Crippen molar-refractivity contribution in [2.45, 2.75) is 44.4 Å². The lowest BCUT2D eigenvalue weighted by Crippen LogP contribution is -2.62. The fourth-order valence-corrected chi connectivity index (χ4v) is 7.54. The van der Waals surface area contributed by atoms with Gasteiger partial charge in [0.05, 0.1) is 0 Å². The lowest BCUT2D eigenvalue weighted by Gasteiger charge is -2.64. The van der Waals surface area contributed by atoms with Crippen molar-refractivity contribution < 1.29 is 20.4 Å². The van der Waals surface area contributed by atoms with E-state index in [0.717, 1.165) is 35.1 Å². The van der Waals surface area contributed by atoms with Crippen LogP contribution in [0.25, 0.3) is 0 Å². The van der Waals surface area contributed by atoms with Crippen LogP contribution in [-0.4, -0.2) is 20.4 Å². The highest BCUT2D eigenvalue weighted by molar-refractivity contribution is 5.59. The zero-order chi connectivity index (χ0) is 26.4. The fourth-order valence-electron chi connectivity index (χ4n) is 7.54. The molecule has 0 amide bonds. The molecule has 1 unspecified atom stereocenters. The molecule has 0 spiro atoms. The quantitative estimate of drug-likeness (QED) is 0.241. The Labute approximate surface area is 218 Å². The molecule has 0 aliphatic heterocycles. The standard InChI is InChI=1S/C33H34O4/c1-22-20-31(2,3)33(25-8-16-29(36)17-9-25,26-10-18-30(37)19-11-26)32(21-22,23-4-12-27(34)13-5-23)24-6-14-28(35)15-7-24/h4-19,22,34-37H,20-21H2,1-3H3. The van der Waals surface area contributed by atoms with E-state index >= 15 is 0 Å². The average Bonchev–Trinajstić information content (AvgIpc) is 2.86. The Morgan fingerprint density at radius 3 is 1.11 bits per heavy atom. The largest absolute Gasteiger partial charge is 0.508 e. The summed E-state index contributed by atoms with van der Waals surface area (Å²) < 4.78 is 0. The number of hydrogen-bond acceptors (Lipinski definition) is 4. The van der Waals surface area contributed by atoms with Crippen LogP contribution in [0.3, 0.4) is 0 Å². The number of phenolic OH excluding ortho intramolecular Hbond substituents is 4. The van der Waals surface area contributed by atoms with Gasteiger partial charge in [-0.05, 0) is 95.0 Å². The second-order valence-corrected chi connectivity index (χ2v) is 11.2. The van der Waals surface area contributed by atoms with E-state index in [1.54, 1.807) is 48.5 Å². The van der Waals surface area contributed by atoms with Crippen LogP contribution < -0.4 is 0 Å². The third-order valence-electron chi connectivity index (χ3n) is 8.49. The summed E-state index contributed by atoms with van der Waals surface area (Å²) in [4.78, 5) is 0. The number of benzene rings is 4. The van der Waals surface area contributed by atoms with E-state index in [1.807, 2.05) is 48.5 Å². The molecular formula is C33H34O4. The van der Waals surface area contributed by atoms with Gasteiger partial charge in [0.2, 0.25) is 0 Å². The molecule has 1 aliphatic rings. The molecule has 4 N–H and O–H groups in total. The molecule has 0 radical (unpaired) electrons. The Kier molecular flexibility index (Phi) is 5.94. The Hall–Kier alpha value is -3.92. The van der Waals surface area contributed by atoms with E-state index in [9.17, 15) is 20.4 Å². The molecule has 1 aliphatic carbocycles. The van der Waals surface area contributed by atoms with E-state index < -0.39 is 10.8 Å². The molecule has 4 aromatic rings. The minimum atomic E-state index is -0.651. The van der Waals surface area contributed by atoms with Crippen LogP contribution in [-0.2, 0) is 10.8 Å². The molecule has 190 valence electrons. The van der Waals surface area contributed by atoms with E-state index in [0.29, 0.717) is 5.92 Å². The maximum absolute atomic E-state index is 10.3. The summed E-state index contributed by atoms with van der Waals surface area (Å²) in [6.45, 7) is 6.89. The SMILES string of the molecule is CC1CC(C)(C)C(c2ccc(O)cc2)(c2ccc(O)cc2)C(c2ccc(O)cc2)(c2ccc(O)cc2)C1. The van der Waals surface area contributed by atoms with Crippen LogP contribution in [0.15, 0.2) is 97.1 Å². The smallest absolute Gasteiger partial charge is 0.115 e. The van der Waals surface area contributed by atoms with Crippen LogP contribution in [0.4, 0.5) is 0 Å².